The molecule has 10 aromatic rings. The van der Waals surface area contributed by atoms with Crippen LogP contribution < -0.4 is 4.40 Å². The Bertz CT molecular complexity index is 3440. The smallest absolute Gasteiger partial charge is 0 e. The molecule has 0 amide bonds. The first-order valence-corrected chi connectivity index (χ1v) is 28.2. The second-order valence-electron chi connectivity index (χ2n) is 17.1. The second kappa shape index (κ2) is 17.8. The first-order valence-electron chi connectivity index (χ1n) is 22.8. The van der Waals surface area contributed by atoms with Crippen molar-refractivity contribution in [1.29, 1.82) is 0 Å². The molecule has 317 valence electrons. The van der Waals surface area contributed by atoms with E-state index >= 15 is 0 Å². The molecular formula is C55H49FGeIrN4O-2. The van der Waals surface area contributed by atoms with Crippen molar-refractivity contribution in [3.05, 3.63) is 179 Å². The summed E-state index contributed by atoms with van der Waals surface area (Å²) in [7, 11) is 0. The minimum atomic E-state index is -2.54. The largest absolute Gasteiger partial charge is 0 e. The van der Waals surface area contributed by atoms with Gasteiger partial charge in [0, 0.05) is 43.0 Å². The predicted molar refractivity (Wildman–Crippen MR) is 257 cm³/mol. The number of fused-ring (bicyclic) bond motifs is 6. The number of hydrogen-bond acceptors (Lipinski definition) is 4. The molecule has 0 fully saturated rings. The zero-order chi connectivity index (χ0) is 46.7. The van der Waals surface area contributed by atoms with Crippen LogP contribution in [-0.2, 0) is 26.7 Å². The quantitative estimate of drug-likeness (QED) is 0.118. The Morgan fingerprint density at radius 3 is 2.24 bits per heavy atom. The Labute approximate surface area is 390 Å². The average molecular weight is 1070 g/mol. The molecule has 8 heteroatoms. The van der Waals surface area contributed by atoms with Crippen LogP contribution >= 0.6 is 0 Å². The summed E-state index contributed by atoms with van der Waals surface area (Å²) in [5, 5.41) is 4.37. The van der Waals surface area contributed by atoms with Crippen LogP contribution in [0.15, 0.2) is 138 Å². The van der Waals surface area contributed by atoms with Gasteiger partial charge in [-0.25, -0.2) is 4.98 Å². The van der Waals surface area contributed by atoms with E-state index in [9.17, 15) is 4.39 Å². The molecule has 0 saturated carbocycles. The molecule has 0 spiro atoms. The van der Waals surface area contributed by atoms with Gasteiger partial charge in [0.1, 0.15) is 0 Å². The minimum Gasteiger partial charge on any atom is 0 e. The van der Waals surface area contributed by atoms with Crippen LogP contribution in [0.25, 0.3) is 77.8 Å². The fourth-order valence-electron chi connectivity index (χ4n) is 8.42. The molecule has 0 aliphatic carbocycles. The number of pyridine rings is 2. The van der Waals surface area contributed by atoms with Crippen LogP contribution in [-0.4, -0.2) is 32.8 Å². The molecule has 4 aromatic heterocycles. The third-order valence-electron chi connectivity index (χ3n) is 11.5. The first-order chi connectivity index (χ1) is 31.4. The molecule has 6 aromatic carbocycles. The van der Waals surface area contributed by atoms with E-state index < -0.39 is 31.8 Å². The summed E-state index contributed by atoms with van der Waals surface area (Å²) in [6, 6.07) is 48.5. The standard InChI is InChI=1S/C37H26N3O.C18H23FGeN.Ir/c1-23-10-8-11-24(2)33(23)31-21-19-29-28-16-9-17-30(35(28)41-37(29)39-31)36-38-32-20-18-26-14-6-7-15-27(26)34(32)40(36)22-25-12-4-3-5-13-25;1-12(2)15-10-17(21-11-16(15)20(4,5)6)14-9-7-8-13(3)18(14)19;/h3-16,18-21H,22H2,1-2H3;7-8,10-12H,1-6H3;/q2*-1;/i;3D3,12D;. The Hall–Kier alpha value is -5.73. The number of nitrogens with zero attached hydrogens (tertiary/aromatic N) is 4. The number of aromatic nitrogens is 4. The van der Waals surface area contributed by atoms with Crippen molar-refractivity contribution in [2.45, 2.75) is 64.3 Å². The Kier molecular flexibility index (Phi) is 11.0. The summed E-state index contributed by atoms with van der Waals surface area (Å²) in [5.41, 5.74) is 10.8. The normalized spacial score (nSPS) is 13.0. The maximum absolute atomic E-state index is 14.8. The van der Waals surface area contributed by atoms with E-state index in [0.29, 0.717) is 18.0 Å². The summed E-state index contributed by atoms with van der Waals surface area (Å²) in [4.78, 5) is 14.6. The van der Waals surface area contributed by atoms with Gasteiger partial charge in [-0.2, -0.15) is 0 Å². The average Bonchev–Trinajstić information content (AvgIpc) is 3.84. The predicted octanol–water partition coefficient (Wildman–Crippen LogP) is 13.9. The molecular weight excluding hydrogens is 1020 g/mol. The summed E-state index contributed by atoms with van der Waals surface area (Å²) >= 11 is -2.28. The van der Waals surface area contributed by atoms with Crippen LogP contribution in [0.2, 0.25) is 17.3 Å². The Morgan fingerprint density at radius 2 is 1.49 bits per heavy atom. The first kappa shape index (κ1) is 38.9. The summed E-state index contributed by atoms with van der Waals surface area (Å²) in [5.74, 6) is 5.80. The maximum Gasteiger partial charge on any atom is 0 e. The number of hydrogen-bond donors (Lipinski definition) is 0. The van der Waals surface area contributed by atoms with Gasteiger partial charge < -0.3 is 8.98 Å². The van der Waals surface area contributed by atoms with Gasteiger partial charge >= 0.3 is 135 Å². The number of benzene rings is 6. The van der Waals surface area contributed by atoms with Gasteiger partial charge in [-0.15, -0.1) is 18.2 Å². The monoisotopic (exact) mass is 1070 g/mol. The van der Waals surface area contributed by atoms with Crippen molar-refractivity contribution in [3.63, 3.8) is 0 Å². The van der Waals surface area contributed by atoms with Gasteiger partial charge in [0.15, 0.2) is 0 Å². The number of halogens is 1. The zero-order valence-corrected chi connectivity index (χ0v) is 40.8. The third kappa shape index (κ3) is 8.42. The number of aryl methyl sites for hydroxylation is 3. The molecule has 0 aliphatic heterocycles. The molecule has 10 rings (SSSR count). The van der Waals surface area contributed by atoms with Crippen LogP contribution in [0, 0.1) is 38.6 Å². The van der Waals surface area contributed by atoms with Crippen molar-refractivity contribution in [1.82, 2.24) is 19.5 Å². The number of imidazole rings is 1. The SMILES string of the molecule is Cc1cccc(C)c1-c1ccc2c(n1)oc1c(-c3nc4ccc5ccccc5c4n3Cc3ccccc3)[c-]ccc12.[2H]C([2H])([2H])c1cc[c-]c(-c2cc(C([2H])(C)C)[c]([Ge]([CH3])([CH3])[CH3])cn2)c1F.[Ir]. The van der Waals surface area contributed by atoms with Crippen LogP contribution in [0.5, 0.6) is 0 Å². The summed E-state index contributed by atoms with van der Waals surface area (Å²) in [6.45, 7) is 5.99. The molecule has 0 saturated heterocycles. The molecule has 0 aliphatic rings. The van der Waals surface area contributed by atoms with E-state index in [1.165, 1.54) is 39.6 Å². The van der Waals surface area contributed by atoms with Crippen molar-refractivity contribution < 1.29 is 34.4 Å². The fourth-order valence-corrected chi connectivity index (χ4v) is 11.7. The van der Waals surface area contributed by atoms with Gasteiger partial charge in [0.25, 0.3) is 0 Å². The summed E-state index contributed by atoms with van der Waals surface area (Å²) in [6.07, 6.45) is 1.73. The molecule has 4 heterocycles. The van der Waals surface area contributed by atoms with E-state index in [1.807, 2.05) is 6.07 Å². The van der Waals surface area contributed by atoms with E-state index in [0.717, 1.165) is 60.0 Å². The van der Waals surface area contributed by atoms with E-state index in [-0.39, 0.29) is 31.2 Å². The molecule has 0 bridgehead atoms. The van der Waals surface area contributed by atoms with Gasteiger partial charge in [-0.3, -0.25) is 4.98 Å². The Morgan fingerprint density at radius 1 is 0.762 bits per heavy atom. The zero-order valence-electron chi connectivity index (χ0n) is 40.3. The van der Waals surface area contributed by atoms with Gasteiger partial charge in [0.2, 0.25) is 5.71 Å². The van der Waals surface area contributed by atoms with Crippen LogP contribution in [0.3, 0.4) is 0 Å². The molecule has 5 nitrogen and oxygen atoms in total. The summed E-state index contributed by atoms with van der Waals surface area (Å²) < 4.78 is 55.6. The van der Waals surface area contributed by atoms with Gasteiger partial charge in [0.05, 0.1) is 28.1 Å². The molecule has 0 unspecified atom stereocenters. The molecule has 0 atom stereocenters. The third-order valence-corrected chi connectivity index (χ3v) is 15.7. The van der Waals surface area contributed by atoms with Crippen molar-refractivity contribution in [3.8, 4) is 33.9 Å². The molecule has 0 N–H and O–H groups in total. The van der Waals surface area contributed by atoms with Crippen molar-refractivity contribution in [2.24, 2.45) is 0 Å². The van der Waals surface area contributed by atoms with Crippen LogP contribution in [0.4, 0.5) is 4.39 Å². The van der Waals surface area contributed by atoms with E-state index in [2.05, 4.69) is 156 Å². The second-order valence-corrected chi connectivity index (χ2v) is 27.7. The van der Waals surface area contributed by atoms with Gasteiger partial charge in [-0.1, -0.05) is 89.8 Å². The van der Waals surface area contributed by atoms with Crippen LogP contribution in [0.1, 0.15) is 53.0 Å². The fraction of sp³-hybridized carbons (Fsp3) is 0.182. The van der Waals surface area contributed by atoms with E-state index in [1.54, 1.807) is 26.1 Å². The Balaban J connectivity index is 0.000000203. The van der Waals surface area contributed by atoms with Crippen molar-refractivity contribution >= 4 is 61.5 Å². The minimum absolute atomic E-state index is 0. The van der Waals surface area contributed by atoms with Gasteiger partial charge in [-0.05, 0) is 54.1 Å². The van der Waals surface area contributed by atoms with Crippen molar-refractivity contribution in [2.75, 3.05) is 0 Å². The topological polar surface area (TPSA) is 56.7 Å². The van der Waals surface area contributed by atoms with E-state index in [4.69, 9.17) is 19.9 Å². The number of rotatable bonds is 7. The number of furan rings is 1. The maximum atomic E-state index is 14.8. The molecule has 1 radical (unpaired) electrons. The molecule has 63 heavy (non-hydrogen) atoms.